The lowest BCUT2D eigenvalue weighted by atomic mass is 9.86. The number of carbonyl (C=O) groups excluding carboxylic acids is 1. The van der Waals surface area contributed by atoms with E-state index in [4.69, 9.17) is 4.74 Å². The van der Waals surface area contributed by atoms with Crippen molar-refractivity contribution in [2.45, 2.75) is 31.2 Å². The van der Waals surface area contributed by atoms with Gasteiger partial charge < -0.3 is 9.64 Å². The monoisotopic (exact) mass is 295 g/mol. The molecule has 1 amide bonds. The SMILES string of the molecule is COc1ccc(N(C=O)C2(c3ccccc3)CCCC2)cc1. The predicted molar refractivity (Wildman–Crippen MR) is 88.1 cm³/mol. The van der Waals surface area contributed by atoms with Crippen LogP contribution in [0.2, 0.25) is 0 Å². The van der Waals surface area contributed by atoms with Gasteiger partial charge in [-0.15, -0.1) is 0 Å². The summed E-state index contributed by atoms with van der Waals surface area (Å²) < 4.78 is 5.21. The minimum absolute atomic E-state index is 0.225. The first-order valence-corrected chi connectivity index (χ1v) is 7.74. The quantitative estimate of drug-likeness (QED) is 0.776. The number of anilines is 1. The summed E-state index contributed by atoms with van der Waals surface area (Å²) in [6, 6.07) is 18.1. The molecule has 0 N–H and O–H groups in total. The standard InChI is InChI=1S/C19H21NO2/c1-22-18-11-9-17(10-12-18)20(15-21)19(13-5-6-14-19)16-7-3-2-4-8-16/h2-4,7-12,15H,5-6,13-14H2,1H3. The molecule has 1 aliphatic carbocycles. The zero-order chi connectivity index (χ0) is 15.4. The molecule has 0 heterocycles. The summed E-state index contributed by atoms with van der Waals surface area (Å²) in [7, 11) is 1.65. The first kappa shape index (κ1) is 14.6. The van der Waals surface area contributed by atoms with Gasteiger partial charge in [0, 0.05) is 5.69 Å². The van der Waals surface area contributed by atoms with Gasteiger partial charge in [0.15, 0.2) is 0 Å². The predicted octanol–water partition coefficient (Wildman–Crippen LogP) is 4.13. The van der Waals surface area contributed by atoms with Crippen molar-refractivity contribution >= 4 is 12.1 Å². The van der Waals surface area contributed by atoms with E-state index in [1.54, 1.807) is 7.11 Å². The van der Waals surface area contributed by atoms with Gasteiger partial charge in [0.05, 0.1) is 12.6 Å². The summed E-state index contributed by atoms with van der Waals surface area (Å²) in [5.41, 5.74) is 1.91. The normalized spacial score (nSPS) is 16.2. The lowest BCUT2D eigenvalue weighted by Gasteiger charge is -2.39. The Morgan fingerprint density at radius 2 is 1.64 bits per heavy atom. The Labute approximate surface area is 131 Å². The average molecular weight is 295 g/mol. The molecular weight excluding hydrogens is 274 g/mol. The van der Waals surface area contributed by atoms with Crippen LogP contribution >= 0.6 is 0 Å². The molecule has 1 saturated carbocycles. The molecule has 0 bridgehead atoms. The van der Waals surface area contributed by atoms with E-state index in [1.165, 1.54) is 5.56 Å². The Balaban J connectivity index is 2.03. The van der Waals surface area contributed by atoms with Crippen LogP contribution in [-0.4, -0.2) is 13.5 Å². The van der Waals surface area contributed by atoms with Gasteiger partial charge in [-0.3, -0.25) is 4.79 Å². The number of rotatable bonds is 5. The Bertz CT molecular complexity index is 616. The van der Waals surface area contributed by atoms with Gasteiger partial charge in [-0.25, -0.2) is 0 Å². The summed E-state index contributed by atoms with van der Waals surface area (Å²) in [5, 5.41) is 0. The highest BCUT2D eigenvalue weighted by Crippen LogP contribution is 2.45. The zero-order valence-corrected chi connectivity index (χ0v) is 12.9. The highest BCUT2D eigenvalue weighted by atomic mass is 16.5. The summed E-state index contributed by atoms with van der Waals surface area (Å²) >= 11 is 0. The molecule has 0 aromatic heterocycles. The van der Waals surface area contributed by atoms with Crippen LogP contribution in [0.4, 0.5) is 5.69 Å². The fourth-order valence-corrected chi connectivity index (χ4v) is 3.53. The molecule has 1 aliphatic rings. The molecule has 3 heteroatoms. The highest BCUT2D eigenvalue weighted by Gasteiger charge is 2.41. The van der Waals surface area contributed by atoms with Crippen LogP contribution in [0.25, 0.3) is 0 Å². The van der Waals surface area contributed by atoms with E-state index >= 15 is 0 Å². The van der Waals surface area contributed by atoms with Crippen LogP contribution in [0.3, 0.4) is 0 Å². The molecule has 3 rings (SSSR count). The number of hydrogen-bond donors (Lipinski definition) is 0. The number of ether oxygens (including phenoxy) is 1. The number of methoxy groups -OCH3 is 1. The van der Waals surface area contributed by atoms with Gasteiger partial charge in [0.2, 0.25) is 6.41 Å². The third kappa shape index (κ3) is 2.47. The molecule has 22 heavy (non-hydrogen) atoms. The van der Waals surface area contributed by atoms with E-state index in [9.17, 15) is 4.79 Å². The van der Waals surface area contributed by atoms with Crippen molar-refractivity contribution in [3.05, 3.63) is 60.2 Å². The van der Waals surface area contributed by atoms with E-state index < -0.39 is 0 Å². The van der Waals surface area contributed by atoms with Crippen molar-refractivity contribution in [3.8, 4) is 5.75 Å². The van der Waals surface area contributed by atoms with Gasteiger partial charge >= 0.3 is 0 Å². The molecule has 1 fully saturated rings. The van der Waals surface area contributed by atoms with Crippen molar-refractivity contribution in [2.24, 2.45) is 0 Å². The van der Waals surface area contributed by atoms with Gasteiger partial charge in [-0.05, 0) is 42.7 Å². The zero-order valence-electron chi connectivity index (χ0n) is 12.9. The smallest absolute Gasteiger partial charge is 0.214 e. The van der Waals surface area contributed by atoms with E-state index in [0.29, 0.717) is 0 Å². The van der Waals surface area contributed by atoms with Crippen molar-refractivity contribution in [2.75, 3.05) is 12.0 Å². The lowest BCUT2D eigenvalue weighted by Crippen LogP contribution is -2.43. The van der Waals surface area contributed by atoms with Gasteiger partial charge in [-0.1, -0.05) is 43.2 Å². The summed E-state index contributed by atoms with van der Waals surface area (Å²) in [6.07, 6.45) is 5.27. The second kappa shape index (κ2) is 6.22. The molecule has 3 nitrogen and oxygen atoms in total. The van der Waals surface area contributed by atoms with Crippen LogP contribution in [0.5, 0.6) is 5.75 Å². The van der Waals surface area contributed by atoms with Crippen molar-refractivity contribution in [3.63, 3.8) is 0 Å². The van der Waals surface area contributed by atoms with Crippen LogP contribution in [-0.2, 0) is 10.3 Å². The van der Waals surface area contributed by atoms with Gasteiger partial charge in [-0.2, -0.15) is 0 Å². The molecule has 2 aromatic carbocycles. The molecule has 0 spiro atoms. The first-order valence-electron chi connectivity index (χ1n) is 7.74. The minimum atomic E-state index is -0.225. The Kier molecular flexibility index (Phi) is 4.14. The van der Waals surface area contributed by atoms with Crippen molar-refractivity contribution < 1.29 is 9.53 Å². The number of hydrogen-bond acceptors (Lipinski definition) is 2. The van der Waals surface area contributed by atoms with Crippen LogP contribution in [0.1, 0.15) is 31.2 Å². The van der Waals surface area contributed by atoms with E-state index in [1.807, 2.05) is 47.4 Å². The first-order chi connectivity index (χ1) is 10.8. The van der Waals surface area contributed by atoms with Crippen LogP contribution in [0.15, 0.2) is 54.6 Å². The van der Waals surface area contributed by atoms with Crippen LogP contribution in [0, 0.1) is 0 Å². The molecule has 0 radical (unpaired) electrons. The summed E-state index contributed by atoms with van der Waals surface area (Å²) in [6.45, 7) is 0. The van der Waals surface area contributed by atoms with Crippen molar-refractivity contribution in [1.82, 2.24) is 0 Å². The molecule has 114 valence electrons. The number of amides is 1. The Hall–Kier alpha value is -2.29. The fourth-order valence-electron chi connectivity index (χ4n) is 3.53. The van der Waals surface area contributed by atoms with E-state index in [2.05, 4.69) is 12.1 Å². The van der Waals surface area contributed by atoms with Gasteiger partial charge in [0.1, 0.15) is 5.75 Å². The third-order valence-corrected chi connectivity index (χ3v) is 4.66. The Morgan fingerprint density at radius 3 is 2.18 bits per heavy atom. The second-order valence-electron chi connectivity index (χ2n) is 5.78. The largest absolute Gasteiger partial charge is 0.497 e. The van der Waals surface area contributed by atoms with Crippen molar-refractivity contribution in [1.29, 1.82) is 0 Å². The summed E-state index contributed by atoms with van der Waals surface area (Å²) in [5.74, 6) is 0.801. The van der Waals surface area contributed by atoms with E-state index in [0.717, 1.165) is 43.5 Å². The number of carbonyl (C=O) groups is 1. The van der Waals surface area contributed by atoms with E-state index in [-0.39, 0.29) is 5.54 Å². The number of nitrogens with zero attached hydrogens (tertiary/aromatic N) is 1. The van der Waals surface area contributed by atoms with Gasteiger partial charge in [0.25, 0.3) is 0 Å². The minimum Gasteiger partial charge on any atom is -0.497 e. The van der Waals surface area contributed by atoms with Crippen LogP contribution < -0.4 is 9.64 Å². The molecule has 0 atom stereocenters. The second-order valence-corrected chi connectivity index (χ2v) is 5.78. The molecule has 2 aromatic rings. The maximum Gasteiger partial charge on any atom is 0.214 e. The molecule has 0 saturated heterocycles. The fraction of sp³-hybridized carbons (Fsp3) is 0.316. The molecule has 0 aliphatic heterocycles. The molecule has 0 unspecified atom stereocenters. The highest BCUT2D eigenvalue weighted by molar-refractivity contribution is 5.78. The Morgan fingerprint density at radius 1 is 1.00 bits per heavy atom. The lowest BCUT2D eigenvalue weighted by molar-refractivity contribution is -0.108. The molecular formula is C19H21NO2. The number of benzene rings is 2. The summed E-state index contributed by atoms with van der Waals surface area (Å²) in [4.78, 5) is 13.8. The third-order valence-electron chi connectivity index (χ3n) is 4.66. The average Bonchev–Trinajstić information content (AvgIpc) is 3.08. The topological polar surface area (TPSA) is 29.5 Å². The maximum atomic E-state index is 11.9. The maximum absolute atomic E-state index is 11.9.